The topological polar surface area (TPSA) is 56.3 Å². The van der Waals surface area contributed by atoms with Crippen LogP contribution in [-0.2, 0) is 16.0 Å². The number of carbonyl (C=O) groups excluding carboxylic acids is 2. The van der Waals surface area contributed by atoms with Crippen LogP contribution in [-0.4, -0.2) is 23.8 Å². The molecule has 0 radical (unpaired) electrons. The van der Waals surface area contributed by atoms with Crippen molar-refractivity contribution in [2.75, 3.05) is 6.61 Å². The van der Waals surface area contributed by atoms with E-state index in [0.29, 0.717) is 24.2 Å². The van der Waals surface area contributed by atoms with Gasteiger partial charge in [0, 0.05) is 11.8 Å². The molecule has 4 nitrogen and oxygen atoms in total. The fourth-order valence-electron chi connectivity index (χ4n) is 1.05. The van der Waals surface area contributed by atoms with E-state index >= 15 is 0 Å². The first-order chi connectivity index (χ1) is 6.77. The Morgan fingerprint density at radius 2 is 2.43 bits per heavy atom. The van der Waals surface area contributed by atoms with Gasteiger partial charge in [-0.05, 0) is 19.1 Å². The zero-order valence-corrected chi connectivity index (χ0v) is 7.90. The molecule has 0 aliphatic rings. The molecule has 1 rings (SSSR count). The summed E-state index contributed by atoms with van der Waals surface area (Å²) in [6.45, 7) is 2.07. The Balaban J connectivity index is 2.75. The van der Waals surface area contributed by atoms with Crippen molar-refractivity contribution < 1.29 is 14.3 Å². The molecular formula is C10H11NO3. The predicted octanol–water partition coefficient (Wildman–Crippen LogP) is 1.000. The first-order valence-electron chi connectivity index (χ1n) is 4.32. The lowest BCUT2D eigenvalue weighted by molar-refractivity contribution is -0.142. The Morgan fingerprint density at radius 3 is 3.07 bits per heavy atom. The number of aldehydes is 1. The van der Waals surface area contributed by atoms with E-state index < -0.39 is 0 Å². The Morgan fingerprint density at radius 1 is 1.64 bits per heavy atom. The number of ether oxygens (including phenoxy) is 1. The highest BCUT2D eigenvalue weighted by atomic mass is 16.5. The van der Waals surface area contributed by atoms with Crippen LogP contribution in [0.3, 0.4) is 0 Å². The summed E-state index contributed by atoms with van der Waals surface area (Å²) in [5.74, 6) is -0.366. The van der Waals surface area contributed by atoms with E-state index in [0.717, 1.165) is 0 Å². The van der Waals surface area contributed by atoms with E-state index in [1.165, 1.54) is 0 Å². The van der Waals surface area contributed by atoms with Gasteiger partial charge < -0.3 is 4.74 Å². The van der Waals surface area contributed by atoms with Crippen LogP contribution in [0.15, 0.2) is 18.3 Å². The second-order valence-corrected chi connectivity index (χ2v) is 2.64. The van der Waals surface area contributed by atoms with Crippen LogP contribution >= 0.6 is 0 Å². The van der Waals surface area contributed by atoms with Crippen molar-refractivity contribution in [2.45, 2.75) is 13.3 Å². The lowest BCUT2D eigenvalue weighted by Gasteiger charge is -2.02. The van der Waals surface area contributed by atoms with Gasteiger partial charge in [-0.25, -0.2) is 0 Å². The maximum Gasteiger partial charge on any atom is 0.311 e. The average molecular weight is 193 g/mol. The minimum atomic E-state index is -0.366. The number of esters is 1. The van der Waals surface area contributed by atoms with Gasteiger partial charge in [0.2, 0.25) is 0 Å². The fourth-order valence-corrected chi connectivity index (χ4v) is 1.05. The van der Waals surface area contributed by atoms with Crippen molar-refractivity contribution in [3.8, 4) is 0 Å². The third-order valence-corrected chi connectivity index (χ3v) is 1.67. The summed E-state index contributed by atoms with van der Waals surface area (Å²) in [5.41, 5.74) is 0.890. The molecule has 14 heavy (non-hydrogen) atoms. The molecule has 0 saturated carbocycles. The molecule has 0 saturated heterocycles. The molecule has 1 aromatic heterocycles. The molecule has 1 aromatic rings. The first-order valence-corrected chi connectivity index (χ1v) is 4.32. The Bertz CT molecular complexity index is 336. The minimum absolute atomic E-state index is 0.0444. The van der Waals surface area contributed by atoms with Gasteiger partial charge in [0.05, 0.1) is 18.7 Å². The van der Waals surface area contributed by atoms with Crippen LogP contribution in [0, 0.1) is 0 Å². The predicted molar refractivity (Wildman–Crippen MR) is 50.0 cm³/mol. The maximum atomic E-state index is 11.1. The second kappa shape index (κ2) is 5.11. The van der Waals surface area contributed by atoms with Gasteiger partial charge in [-0.2, -0.15) is 0 Å². The molecule has 0 amide bonds. The highest BCUT2D eigenvalue weighted by Crippen LogP contribution is 2.03. The third-order valence-electron chi connectivity index (χ3n) is 1.67. The molecule has 1 heterocycles. The Hall–Kier alpha value is -1.71. The SMILES string of the molecule is CCOC(=O)Cc1ncccc1C=O. The molecule has 4 heteroatoms. The largest absolute Gasteiger partial charge is 0.466 e. The van der Waals surface area contributed by atoms with E-state index in [2.05, 4.69) is 4.98 Å². The summed E-state index contributed by atoms with van der Waals surface area (Å²) in [6.07, 6.45) is 2.27. The normalized spacial score (nSPS) is 9.50. The van der Waals surface area contributed by atoms with E-state index in [9.17, 15) is 9.59 Å². The van der Waals surface area contributed by atoms with Gasteiger partial charge in [0.1, 0.15) is 0 Å². The van der Waals surface area contributed by atoms with Crippen molar-refractivity contribution in [1.29, 1.82) is 0 Å². The van der Waals surface area contributed by atoms with Crippen LogP contribution in [0.1, 0.15) is 23.0 Å². The van der Waals surface area contributed by atoms with Crippen LogP contribution in [0.4, 0.5) is 0 Å². The number of carbonyl (C=O) groups is 2. The van der Waals surface area contributed by atoms with E-state index in [1.807, 2.05) is 0 Å². The number of nitrogens with zero attached hydrogens (tertiary/aromatic N) is 1. The molecule has 0 spiro atoms. The van der Waals surface area contributed by atoms with Crippen molar-refractivity contribution in [1.82, 2.24) is 4.98 Å². The van der Waals surface area contributed by atoms with Gasteiger partial charge >= 0.3 is 5.97 Å². The highest BCUT2D eigenvalue weighted by Gasteiger charge is 2.08. The molecule has 0 unspecified atom stereocenters. The van der Waals surface area contributed by atoms with E-state index in [4.69, 9.17) is 4.74 Å². The average Bonchev–Trinajstić information content (AvgIpc) is 2.19. The number of hydrogen-bond acceptors (Lipinski definition) is 4. The summed E-state index contributed by atoms with van der Waals surface area (Å²) < 4.78 is 4.75. The molecular weight excluding hydrogens is 182 g/mol. The molecule has 0 bridgehead atoms. The number of aromatic nitrogens is 1. The van der Waals surface area contributed by atoms with Crippen LogP contribution in [0.5, 0.6) is 0 Å². The standard InChI is InChI=1S/C10H11NO3/c1-2-14-10(13)6-9-8(7-12)4-3-5-11-9/h3-5,7H,2,6H2,1H3. The van der Waals surface area contributed by atoms with E-state index in [-0.39, 0.29) is 12.4 Å². The first kappa shape index (κ1) is 10.4. The molecule has 0 aromatic carbocycles. The quantitative estimate of drug-likeness (QED) is 0.528. The molecule has 0 fully saturated rings. The van der Waals surface area contributed by atoms with Crippen molar-refractivity contribution >= 4 is 12.3 Å². The molecule has 74 valence electrons. The summed E-state index contributed by atoms with van der Waals surface area (Å²) in [5, 5.41) is 0. The van der Waals surface area contributed by atoms with E-state index in [1.54, 1.807) is 25.3 Å². The van der Waals surface area contributed by atoms with Gasteiger partial charge in [-0.15, -0.1) is 0 Å². The zero-order valence-electron chi connectivity index (χ0n) is 7.90. The molecule has 0 aliphatic heterocycles. The van der Waals surface area contributed by atoms with Crippen molar-refractivity contribution in [2.24, 2.45) is 0 Å². The number of hydrogen-bond donors (Lipinski definition) is 0. The molecule has 0 N–H and O–H groups in total. The maximum absolute atomic E-state index is 11.1. The van der Waals surface area contributed by atoms with Crippen LogP contribution in [0.25, 0.3) is 0 Å². The lowest BCUT2D eigenvalue weighted by Crippen LogP contribution is -2.10. The van der Waals surface area contributed by atoms with Crippen LogP contribution in [0.2, 0.25) is 0 Å². The van der Waals surface area contributed by atoms with Gasteiger partial charge in [-0.1, -0.05) is 0 Å². The Kier molecular flexibility index (Phi) is 3.79. The third kappa shape index (κ3) is 2.65. The smallest absolute Gasteiger partial charge is 0.311 e. The number of rotatable bonds is 4. The van der Waals surface area contributed by atoms with Crippen LogP contribution < -0.4 is 0 Å². The second-order valence-electron chi connectivity index (χ2n) is 2.64. The monoisotopic (exact) mass is 193 g/mol. The van der Waals surface area contributed by atoms with Gasteiger partial charge in [-0.3, -0.25) is 14.6 Å². The summed E-state index contributed by atoms with van der Waals surface area (Å²) in [7, 11) is 0. The van der Waals surface area contributed by atoms with Gasteiger partial charge in [0.15, 0.2) is 6.29 Å². The molecule has 0 atom stereocenters. The highest BCUT2D eigenvalue weighted by molar-refractivity contribution is 5.80. The van der Waals surface area contributed by atoms with Gasteiger partial charge in [0.25, 0.3) is 0 Å². The fraction of sp³-hybridized carbons (Fsp3) is 0.300. The summed E-state index contributed by atoms with van der Waals surface area (Å²) in [4.78, 5) is 25.6. The minimum Gasteiger partial charge on any atom is -0.466 e. The number of pyridine rings is 1. The molecule has 0 aliphatic carbocycles. The van der Waals surface area contributed by atoms with Crippen molar-refractivity contribution in [3.05, 3.63) is 29.6 Å². The zero-order chi connectivity index (χ0) is 10.4. The Labute approximate surface area is 81.9 Å². The summed E-state index contributed by atoms with van der Waals surface area (Å²) in [6, 6.07) is 3.27. The van der Waals surface area contributed by atoms with Crippen molar-refractivity contribution in [3.63, 3.8) is 0 Å². The summed E-state index contributed by atoms with van der Waals surface area (Å²) >= 11 is 0. The lowest BCUT2D eigenvalue weighted by atomic mass is 10.1.